The summed E-state index contributed by atoms with van der Waals surface area (Å²) < 4.78 is 12.7. The highest BCUT2D eigenvalue weighted by Crippen LogP contribution is 2.10. The first kappa shape index (κ1) is 13.2. The van der Waals surface area contributed by atoms with E-state index in [2.05, 4.69) is 10.3 Å². The molecule has 2 rings (SSSR count). The molecule has 0 saturated heterocycles. The second kappa shape index (κ2) is 5.57. The molecule has 1 aromatic carbocycles. The fourth-order valence-corrected chi connectivity index (χ4v) is 2.04. The van der Waals surface area contributed by atoms with Crippen LogP contribution in [0.5, 0.6) is 0 Å². The van der Waals surface area contributed by atoms with Gasteiger partial charge in [-0.2, -0.15) is 0 Å². The van der Waals surface area contributed by atoms with E-state index in [0.717, 1.165) is 16.9 Å². The monoisotopic (exact) mass is 280 g/mol. The highest BCUT2D eigenvalue weighted by molar-refractivity contribution is 7.11. The van der Waals surface area contributed by atoms with Gasteiger partial charge in [0.25, 0.3) is 5.91 Å². The third kappa shape index (κ3) is 3.35. The van der Waals surface area contributed by atoms with E-state index in [4.69, 9.17) is 5.11 Å². The van der Waals surface area contributed by atoms with Crippen molar-refractivity contribution in [1.82, 2.24) is 10.3 Å². The molecule has 0 unspecified atom stereocenters. The number of carboxylic acid groups (broad SMARTS) is 1. The Bertz CT molecular complexity index is 610. The van der Waals surface area contributed by atoms with Crippen molar-refractivity contribution in [3.05, 3.63) is 51.7 Å². The maximum Gasteiger partial charge on any atom is 0.355 e. The molecule has 0 fully saturated rings. The van der Waals surface area contributed by atoms with Gasteiger partial charge in [-0.3, -0.25) is 4.79 Å². The molecule has 0 radical (unpaired) electrons. The van der Waals surface area contributed by atoms with Gasteiger partial charge in [-0.05, 0) is 17.7 Å². The van der Waals surface area contributed by atoms with Gasteiger partial charge in [0.05, 0.1) is 0 Å². The number of carbonyl (C=O) groups is 2. The van der Waals surface area contributed by atoms with Gasteiger partial charge >= 0.3 is 5.97 Å². The number of rotatable bonds is 4. The minimum atomic E-state index is -1.17. The number of nitrogens with one attached hydrogen (secondary N) is 1. The van der Waals surface area contributed by atoms with Gasteiger partial charge < -0.3 is 10.4 Å². The van der Waals surface area contributed by atoms with E-state index < -0.39 is 11.9 Å². The zero-order valence-corrected chi connectivity index (χ0v) is 10.4. The van der Waals surface area contributed by atoms with Crippen molar-refractivity contribution in [3.63, 3.8) is 0 Å². The molecule has 1 amide bonds. The normalized spacial score (nSPS) is 10.2. The number of amides is 1. The van der Waals surface area contributed by atoms with Gasteiger partial charge in [-0.1, -0.05) is 12.1 Å². The molecule has 1 aromatic heterocycles. The Balaban J connectivity index is 1.97. The zero-order valence-electron chi connectivity index (χ0n) is 9.59. The SMILES string of the molecule is O=C(O)c1csc(C(=O)NCc2ccc(F)cc2)n1. The molecule has 0 aliphatic carbocycles. The quantitative estimate of drug-likeness (QED) is 0.896. The van der Waals surface area contributed by atoms with E-state index in [1.54, 1.807) is 12.1 Å². The molecule has 2 N–H and O–H groups in total. The number of thiazole rings is 1. The van der Waals surface area contributed by atoms with Crippen molar-refractivity contribution in [1.29, 1.82) is 0 Å². The Morgan fingerprint density at radius 1 is 1.32 bits per heavy atom. The number of benzene rings is 1. The zero-order chi connectivity index (χ0) is 13.8. The minimum Gasteiger partial charge on any atom is -0.476 e. The van der Waals surface area contributed by atoms with Crippen molar-refractivity contribution in [2.45, 2.75) is 6.54 Å². The molecule has 0 atom stereocenters. The van der Waals surface area contributed by atoms with Crippen LogP contribution < -0.4 is 5.32 Å². The number of carboxylic acids is 1. The summed E-state index contributed by atoms with van der Waals surface area (Å²) in [6.07, 6.45) is 0. The maximum atomic E-state index is 12.7. The van der Waals surface area contributed by atoms with Crippen LogP contribution in [0.25, 0.3) is 0 Å². The summed E-state index contributed by atoms with van der Waals surface area (Å²) in [7, 11) is 0. The largest absolute Gasteiger partial charge is 0.476 e. The molecule has 0 bridgehead atoms. The van der Waals surface area contributed by atoms with Gasteiger partial charge in [0, 0.05) is 11.9 Å². The number of aromatic carboxylic acids is 1. The molecule has 7 heteroatoms. The molecule has 0 saturated carbocycles. The predicted octanol–water partition coefficient (Wildman–Crippen LogP) is 1.91. The molecular weight excluding hydrogens is 271 g/mol. The Kier molecular flexibility index (Phi) is 3.86. The topological polar surface area (TPSA) is 79.3 Å². The number of nitrogens with zero attached hydrogens (tertiary/aromatic N) is 1. The molecule has 2 aromatic rings. The van der Waals surface area contributed by atoms with Crippen LogP contribution in [0, 0.1) is 5.82 Å². The molecular formula is C12H9FN2O3S. The molecule has 1 heterocycles. The first-order valence-corrected chi connectivity index (χ1v) is 6.15. The van der Waals surface area contributed by atoms with Gasteiger partial charge in [-0.25, -0.2) is 14.2 Å². The van der Waals surface area contributed by atoms with Crippen molar-refractivity contribution < 1.29 is 19.1 Å². The summed E-state index contributed by atoms with van der Waals surface area (Å²) in [6.45, 7) is 0.223. The van der Waals surface area contributed by atoms with Crippen LogP contribution in [0.1, 0.15) is 25.9 Å². The Morgan fingerprint density at radius 3 is 2.58 bits per heavy atom. The van der Waals surface area contributed by atoms with Crippen molar-refractivity contribution in [3.8, 4) is 0 Å². The number of hydrogen-bond acceptors (Lipinski definition) is 4. The van der Waals surface area contributed by atoms with E-state index in [-0.39, 0.29) is 23.1 Å². The van der Waals surface area contributed by atoms with Gasteiger partial charge in [-0.15, -0.1) is 11.3 Å². The lowest BCUT2D eigenvalue weighted by atomic mass is 10.2. The fraction of sp³-hybridized carbons (Fsp3) is 0.0833. The fourth-order valence-electron chi connectivity index (χ4n) is 1.34. The van der Waals surface area contributed by atoms with Gasteiger partial charge in [0.1, 0.15) is 5.82 Å². The summed E-state index contributed by atoms with van der Waals surface area (Å²) >= 11 is 0.960. The summed E-state index contributed by atoms with van der Waals surface area (Å²) in [5.74, 6) is -1.98. The van der Waals surface area contributed by atoms with Crippen molar-refractivity contribution in [2.24, 2.45) is 0 Å². The predicted molar refractivity (Wildman–Crippen MR) is 66.6 cm³/mol. The van der Waals surface area contributed by atoms with Crippen LogP contribution in [0.3, 0.4) is 0 Å². The lowest BCUT2D eigenvalue weighted by Crippen LogP contribution is -2.22. The van der Waals surface area contributed by atoms with E-state index in [0.29, 0.717) is 0 Å². The average molecular weight is 280 g/mol. The molecule has 0 aliphatic heterocycles. The van der Waals surface area contributed by atoms with Crippen LogP contribution in [-0.2, 0) is 6.54 Å². The molecule has 19 heavy (non-hydrogen) atoms. The Morgan fingerprint density at radius 2 is 2.00 bits per heavy atom. The highest BCUT2D eigenvalue weighted by atomic mass is 32.1. The van der Waals surface area contributed by atoms with Crippen molar-refractivity contribution >= 4 is 23.2 Å². The molecule has 0 spiro atoms. The first-order chi connectivity index (χ1) is 9.06. The lowest BCUT2D eigenvalue weighted by Gasteiger charge is -2.02. The molecule has 98 valence electrons. The first-order valence-electron chi connectivity index (χ1n) is 5.28. The standard InChI is InChI=1S/C12H9FN2O3S/c13-8-3-1-7(2-4-8)5-14-10(16)11-15-9(6-19-11)12(17)18/h1-4,6H,5H2,(H,14,16)(H,17,18). The Labute approximate surface area is 111 Å². The smallest absolute Gasteiger partial charge is 0.355 e. The van der Waals surface area contributed by atoms with E-state index >= 15 is 0 Å². The van der Waals surface area contributed by atoms with Crippen LogP contribution in [0.2, 0.25) is 0 Å². The third-order valence-corrected chi connectivity index (χ3v) is 3.12. The van der Waals surface area contributed by atoms with E-state index in [1.165, 1.54) is 17.5 Å². The average Bonchev–Trinajstić information content (AvgIpc) is 2.87. The van der Waals surface area contributed by atoms with E-state index in [1.807, 2.05) is 0 Å². The minimum absolute atomic E-state index is 0.0829. The van der Waals surface area contributed by atoms with Gasteiger partial charge in [0.2, 0.25) is 0 Å². The van der Waals surface area contributed by atoms with E-state index in [9.17, 15) is 14.0 Å². The molecule has 5 nitrogen and oxygen atoms in total. The summed E-state index contributed by atoms with van der Waals surface area (Å²) in [5.41, 5.74) is 0.585. The maximum absolute atomic E-state index is 12.7. The number of aromatic nitrogens is 1. The summed E-state index contributed by atoms with van der Waals surface area (Å²) in [4.78, 5) is 26.0. The number of halogens is 1. The van der Waals surface area contributed by atoms with Crippen LogP contribution in [-0.4, -0.2) is 22.0 Å². The second-order valence-electron chi connectivity index (χ2n) is 3.65. The third-order valence-electron chi connectivity index (χ3n) is 2.28. The lowest BCUT2D eigenvalue weighted by molar-refractivity contribution is 0.0691. The van der Waals surface area contributed by atoms with Crippen LogP contribution in [0.15, 0.2) is 29.6 Å². The number of carbonyl (C=O) groups excluding carboxylic acids is 1. The van der Waals surface area contributed by atoms with Crippen molar-refractivity contribution in [2.75, 3.05) is 0 Å². The second-order valence-corrected chi connectivity index (χ2v) is 4.51. The van der Waals surface area contributed by atoms with Gasteiger partial charge in [0.15, 0.2) is 10.7 Å². The summed E-state index contributed by atoms with van der Waals surface area (Å²) in [6, 6.07) is 5.71. The van der Waals surface area contributed by atoms with Crippen LogP contribution >= 0.6 is 11.3 Å². The Hall–Kier alpha value is -2.28. The highest BCUT2D eigenvalue weighted by Gasteiger charge is 2.14. The summed E-state index contributed by atoms with van der Waals surface area (Å²) in [5, 5.41) is 12.7. The molecule has 0 aliphatic rings. The van der Waals surface area contributed by atoms with Crippen LogP contribution in [0.4, 0.5) is 4.39 Å². The number of hydrogen-bond donors (Lipinski definition) is 2.